The molecule has 1 aliphatic rings. The number of rotatable bonds is 5. The number of ether oxygens (including phenoxy) is 1. The molecule has 1 atom stereocenters. The van der Waals surface area contributed by atoms with Crippen molar-refractivity contribution in [1.82, 2.24) is 14.8 Å². The zero-order chi connectivity index (χ0) is 20.4. The zero-order valence-corrected chi connectivity index (χ0v) is 17.7. The molecule has 3 aromatic rings. The van der Waals surface area contributed by atoms with Gasteiger partial charge in [0.05, 0.1) is 24.3 Å². The number of benzene rings is 2. The van der Waals surface area contributed by atoms with Gasteiger partial charge in [-0.15, -0.1) is 0 Å². The minimum atomic E-state index is -0.186. The Bertz CT molecular complexity index is 989. The van der Waals surface area contributed by atoms with Crippen LogP contribution >= 0.6 is 23.2 Å². The number of carbonyl (C=O) groups is 1. The standard InChI is InChI=1S/C22H23Cl2N3O2/c1-26-18-8-3-2-7-17(18)20(24)21(26)22(28)25-14-19(27-9-11-29-12-10-27)15-5-4-6-16(23)13-15/h2-8,13,19H,9-12,14H2,1H3,(H,25,28). The number of fused-ring (bicyclic) bond motifs is 1. The number of halogens is 2. The van der Waals surface area contributed by atoms with Crippen LogP contribution in [-0.2, 0) is 11.8 Å². The van der Waals surface area contributed by atoms with Crippen molar-refractivity contribution in [1.29, 1.82) is 0 Å². The van der Waals surface area contributed by atoms with Gasteiger partial charge >= 0.3 is 0 Å². The van der Waals surface area contributed by atoms with E-state index < -0.39 is 0 Å². The van der Waals surface area contributed by atoms with Gasteiger partial charge in [0.15, 0.2) is 0 Å². The molecule has 1 aliphatic heterocycles. The molecule has 7 heteroatoms. The number of nitrogens with one attached hydrogen (secondary N) is 1. The second-order valence-corrected chi connectivity index (χ2v) is 7.98. The minimum Gasteiger partial charge on any atom is -0.379 e. The monoisotopic (exact) mass is 431 g/mol. The van der Waals surface area contributed by atoms with Gasteiger partial charge in [-0.3, -0.25) is 9.69 Å². The molecule has 5 nitrogen and oxygen atoms in total. The van der Waals surface area contributed by atoms with Crippen molar-refractivity contribution in [2.24, 2.45) is 7.05 Å². The van der Waals surface area contributed by atoms with Gasteiger partial charge in [-0.1, -0.05) is 53.5 Å². The predicted octanol–water partition coefficient (Wildman–Crippen LogP) is 4.29. The van der Waals surface area contributed by atoms with Crippen molar-refractivity contribution in [2.75, 3.05) is 32.8 Å². The first-order valence-electron chi connectivity index (χ1n) is 9.64. The van der Waals surface area contributed by atoms with Crippen LogP contribution in [0.4, 0.5) is 0 Å². The van der Waals surface area contributed by atoms with E-state index in [2.05, 4.69) is 10.2 Å². The van der Waals surface area contributed by atoms with Crippen LogP contribution in [0.25, 0.3) is 10.9 Å². The van der Waals surface area contributed by atoms with Crippen molar-refractivity contribution in [3.8, 4) is 0 Å². The summed E-state index contributed by atoms with van der Waals surface area (Å²) in [6.45, 7) is 3.43. The fourth-order valence-corrected chi connectivity index (χ4v) is 4.50. The van der Waals surface area contributed by atoms with E-state index in [1.807, 2.05) is 60.1 Å². The molecule has 0 saturated carbocycles. The van der Waals surface area contributed by atoms with Crippen LogP contribution in [0.3, 0.4) is 0 Å². The molecule has 1 aromatic heterocycles. The molecule has 0 bridgehead atoms. The molecule has 29 heavy (non-hydrogen) atoms. The number of hydrogen-bond acceptors (Lipinski definition) is 3. The summed E-state index contributed by atoms with van der Waals surface area (Å²) < 4.78 is 7.34. The Hall–Kier alpha value is -2.05. The summed E-state index contributed by atoms with van der Waals surface area (Å²) in [5.41, 5.74) is 2.48. The van der Waals surface area contributed by atoms with Crippen LogP contribution in [-0.4, -0.2) is 48.2 Å². The molecule has 0 spiro atoms. The lowest BCUT2D eigenvalue weighted by Gasteiger charge is -2.35. The third-order valence-electron chi connectivity index (χ3n) is 5.44. The van der Waals surface area contributed by atoms with E-state index in [-0.39, 0.29) is 11.9 Å². The van der Waals surface area contributed by atoms with E-state index in [1.165, 1.54) is 0 Å². The summed E-state index contributed by atoms with van der Waals surface area (Å²) in [4.78, 5) is 15.4. The molecule has 2 heterocycles. The first-order chi connectivity index (χ1) is 14.1. The van der Waals surface area contributed by atoms with E-state index in [9.17, 15) is 4.79 Å². The number of nitrogens with zero attached hydrogens (tertiary/aromatic N) is 2. The van der Waals surface area contributed by atoms with Crippen LogP contribution in [0.1, 0.15) is 22.1 Å². The lowest BCUT2D eigenvalue weighted by Crippen LogP contribution is -2.44. The number of aryl methyl sites for hydroxylation is 1. The smallest absolute Gasteiger partial charge is 0.269 e. The molecule has 152 valence electrons. The second-order valence-electron chi connectivity index (χ2n) is 7.17. The van der Waals surface area contributed by atoms with Gasteiger partial charge in [0.2, 0.25) is 0 Å². The highest BCUT2D eigenvalue weighted by atomic mass is 35.5. The Labute approximate surface area is 180 Å². The SMILES string of the molecule is Cn1c(C(=O)NCC(c2cccc(Cl)c2)N2CCOCC2)c(Cl)c2ccccc21. The van der Waals surface area contributed by atoms with E-state index >= 15 is 0 Å². The summed E-state index contributed by atoms with van der Waals surface area (Å²) in [7, 11) is 1.86. The van der Waals surface area contributed by atoms with E-state index in [4.69, 9.17) is 27.9 Å². The Balaban J connectivity index is 1.58. The number of aromatic nitrogens is 1. The first-order valence-corrected chi connectivity index (χ1v) is 10.4. The van der Waals surface area contributed by atoms with Crippen molar-refractivity contribution < 1.29 is 9.53 Å². The van der Waals surface area contributed by atoms with E-state index in [1.54, 1.807) is 0 Å². The Morgan fingerprint density at radius 3 is 2.62 bits per heavy atom. The van der Waals surface area contributed by atoms with Crippen molar-refractivity contribution >= 4 is 40.0 Å². The molecule has 1 N–H and O–H groups in total. The Kier molecular flexibility index (Phi) is 6.11. The molecule has 1 fully saturated rings. The second kappa shape index (κ2) is 8.76. The first kappa shape index (κ1) is 20.2. The van der Waals surface area contributed by atoms with Crippen LogP contribution in [0.5, 0.6) is 0 Å². The molecule has 0 radical (unpaired) electrons. The van der Waals surface area contributed by atoms with Crippen LogP contribution < -0.4 is 5.32 Å². The third-order valence-corrected chi connectivity index (χ3v) is 6.05. The quantitative estimate of drug-likeness (QED) is 0.655. The van der Waals surface area contributed by atoms with Crippen molar-refractivity contribution in [2.45, 2.75) is 6.04 Å². The molecule has 1 saturated heterocycles. The topological polar surface area (TPSA) is 46.5 Å². The van der Waals surface area contributed by atoms with Gasteiger partial charge in [0.25, 0.3) is 5.91 Å². The highest BCUT2D eigenvalue weighted by Gasteiger charge is 2.25. The molecule has 1 amide bonds. The van der Waals surface area contributed by atoms with Gasteiger partial charge in [-0.05, 0) is 23.8 Å². The predicted molar refractivity (Wildman–Crippen MR) is 117 cm³/mol. The number of morpholine rings is 1. The largest absolute Gasteiger partial charge is 0.379 e. The fraction of sp³-hybridized carbons (Fsp3) is 0.318. The molecular formula is C22H23Cl2N3O2. The highest BCUT2D eigenvalue weighted by molar-refractivity contribution is 6.38. The summed E-state index contributed by atoms with van der Waals surface area (Å²) in [5, 5.41) is 5.13. The normalized spacial score (nSPS) is 16.1. The maximum absolute atomic E-state index is 13.1. The Morgan fingerprint density at radius 1 is 1.14 bits per heavy atom. The number of para-hydroxylation sites is 1. The lowest BCUT2D eigenvalue weighted by atomic mass is 10.0. The number of hydrogen-bond donors (Lipinski definition) is 1. The number of carbonyl (C=O) groups excluding carboxylic acids is 1. The fourth-order valence-electron chi connectivity index (χ4n) is 3.93. The van der Waals surface area contributed by atoms with Crippen molar-refractivity contribution in [3.63, 3.8) is 0 Å². The maximum atomic E-state index is 13.1. The van der Waals surface area contributed by atoms with Gasteiger partial charge in [-0.25, -0.2) is 0 Å². The van der Waals surface area contributed by atoms with Crippen LogP contribution in [0, 0.1) is 0 Å². The van der Waals surface area contributed by atoms with Gasteiger partial charge < -0.3 is 14.6 Å². The van der Waals surface area contributed by atoms with Gasteiger partial charge in [-0.2, -0.15) is 0 Å². The summed E-state index contributed by atoms with van der Waals surface area (Å²) in [6.07, 6.45) is 0. The highest BCUT2D eigenvalue weighted by Crippen LogP contribution is 2.30. The average molecular weight is 432 g/mol. The molecule has 1 unspecified atom stereocenters. The minimum absolute atomic E-state index is 0.00927. The third kappa shape index (κ3) is 4.14. The molecular weight excluding hydrogens is 409 g/mol. The zero-order valence-electron chi connectivity index (χ0n) is 16.2. The van der Waals surface area contributed by atoms with Crippen LogP contribution in [0.15, 0.2) is 48.5 Å². The molecule has 0 aliphatic carbocycles. The molecule has 2 aromatic carbocycles. The van der Waals surface area contributed by atoms with E-state index in [0.29, 0.717) is 35.5 Å². The van der Waals surface area contributed by atoms with Gasteiger partial charge in [0, 0.05) is 42.6 Å². The molecule has 4 rings (SSSR count). The average Bonchev–Trinajstić information content (AvgIpc) is 3.00. The maximum Gasteiger partial charge on any atom is 0.269 e. The van der Waals surface area contributed by atoms with Gasteiger partial charge in [0.1, 0.15) is 5.69 Å². The van der Waals surface area contributed by atoms with E-state index in [0.717, 1.165) is 29.6 Å². The Morgan fingerprint density at radius 2 is 1.90 bits per heavy atom. The number of amides is 1. The van der Waals surface area contributed by atoms with Crippen LogP contribution in [0.2, 0.25) is 10.0 Å². The summed E-state index contributed by atoms with van der Waals surface area (Å²) in [5.74, 6) is -0.186. The summed E-state index contributed by atoms with van der Waals surface area (Å²) in [6, 6.07) is 15.5. The van der Waals surface area contributed by atoms with Crippen molar-refractivity contribution in [3.05, 3.63) is 69.8 Å². The summed E-state index contributed by atoms with van der Waals surface area (Å²) >= 11 is 12.8. The lowest BCUT2D eigenvalue weighted by molar-refractivity contribution is 0.0162.